The number of piperidine rings is 1. The smallest absolute Gasteiger partial charge is 0.172 e. The van der Waals surface area contributed by atoms with Crippen molar-refractivity contribution in [1.82, 2.24) is 4.90 Å². The van der Waals surface area contributed by atoms with Gasteiger partial charge in [0.2, 0.25) is 0 Å². The second-order valence-corrected chi connectivity index (χ2v) is 9.46. The number of carbonyl (C=O) groups excluding carboxylic acids is 2. The number of rotatable bonds is 7. The summed E-state index contributed by atoms with van der Waals surface area (Å²) in [4.78, 5) is 29.5. The number of likely N-dealkylation sites (tertiary alicyclic amines) is 1. The first kappa shape index (κ1) is 25.9. The third-order valence-corrected chi connectivity index (χ3v) is 7.19. The third kappa shape index (κ3) is 5.05. The van der Waals surface area contributed by atoms with E-state index < -0.39 is 35.2 Å². The van der Waals surface area contributed by atoms with E-state index in [-0.39, 0.29) is 53.9 Å². The Labute approximate surface area is 212 Å². The van der Waals surface area contributed by atoms with E-state index in [2.05, 4.69) is 0 Å². The fourth-order valence-electron chi connectivity index (χ4n) is 5.17. The number of phenols is 1. The summed E-state index contributed by atoms with van der Waals surface area (Å²) in [5, 5.41) is 19.5. The molecule has 36 heavy (non-hydrogen) atoms. The minimum Gasteiger partial charge on any atom is -0.508 e. The van der Waals surface area contributed by atoms with Crippen LogP contribution in [0.5, 0.6) is 5.75 Å². The highest BCUT2D eigenvalue weighted by Gasteiger charge is 2.46. The Balaban J connectivity index is 1.90. The van der Waals surface area contributed by atoms with E-state index >= 15 is 0 Å². The van der Waals surface area contributed by atoms with Crippen LogP contribution in [0.15, 0.2) is 60.7 Å². The zero-order chi connectivity index (χ0) is 26.0. The van der Waals surface area contributed by atoms with Crippen molar-refractivity contribution >= 4 is 23.2 Å². The predicted molar refractivity (Wildman–Crippen MR) is 133 cm³/mol. The number of ketones is 2. The van der Waals surface area contributed by atoms with Gasteiger partial charge in [-0.05, 0) is 48.4 Å². The monoisotopic (exact) mass is 513 g/mol. The van der Waals surface area contributed by atoms with Gasteiger partial charge in [-0.2, -0.15) is 0 Å². The molecule has 188 valence electrons. The number of benzene rings is 3. The zero-order valence-corrected chi connectivity index (χ0v) is 20.4. The first-order chi connectivity index (χ1) is 17.2. The molecule has 2 N–H and O–H groups in total. The van der Waals surface area contributed by atoms with Crippen LogP contribution in [0.1, 0.15) is 37.8 Å². The lowest BCUT2D eigenvalue weighted by Crippen LogP contribution is -2.51. The number of halogens is 3. The number of aromatic hydroxyl groups is 1. The number of hydrogen-bond acceptors (Lipinski definition) is 5. The SMILES string of the molecule is Cc1c(F)cccc1[C@H]1[C@@H](C(=O)c2cccc(O)c2)CN(CCO)C[C@@H]1C(=O)c1c(F)cccc1Cl. The molecular formula is C28H26ClF2NO4. The molecule has 0 unspecified atom stereocenters. The van der Waals surface area contributed by atoms with Crippen LogP contribution >= 0.6 is 11.6 Å². The quantitative estimate of drug-likeness (QED) is 0.434. The van der Waals surface area contributed by atoms with E-state index in [0.29, 0.717) is 11.1 Å². The molecule has 0 amide bonds. The maximum atomic E-state index is 14.8. The van der Waals surface area contributed by atoms with Gasteiger partial charge in [0.1, 0.15) is 17.4 Å². The Morgan fingerprint density at radius 1 is 0.972 bits per heavy atom. The van der Waals surface area contributed by atoms with Gasteiger partial charge in [-0.25, -0.2) is 8.78 Å². The summed E-state index contributed by atoms with van der Waals surface area (Å²) in [7, 11) is 0. The number of aliphatic hydroxyl groups is 1. The maximum Gasteiger partial charge on any atom is 0.172 e. The fraction of sp³-hybridized carbons (Fsp3) is 0.286. The van der Waals surface area contributed by atoms with Crippen molar-refractivity contribution in [2.45, 2.75) is 12.8 Å². The molecule has 1 heterocycles. The van der Waals surface area contributed by atoms with Crippen LogP contribution in [0.2, 0.25) is 5.02 Å². The molecule has 1 aliphatic heterocycles. The lowest BCUT2D eigenvalue weighted by molar-refractivity contribution is 0.0526. The average Bonchev–Trinajstić information content (AvgIpc) is 2.85. The lowest BCUT2D eigenvalue weighted by atomic mass is 9.67. The van der Waals surface area contributed by atoms with E-state index in [9.17, 15) is 28.6 Å². The van der Waals surface area contributed by atoms with Crippen LogP contribution in [-0.4, -0.2) is 52.9 Å². The van der Waals surface area contributed by atoms with Gasteiger partial charge >= 0.3 is 0 Å². The molecule has 0 spiro atoms. The van der Waals surface area contributed by atoms with Gasteiger partial charge in [0.05, 0.1) is 17.2 Å². The Morgan fingerprint density at radius 3 is 2.28 bits per heavy atom. The number of carbonyl (C=O) groups is 2. The van der Waals surface area contributed by atoms with Crippen molar-refractivity contribution in [2.24, 2.45) is 11.8 Å². The van der Waals surface area contributed by atoms with Crippen LogP contribution in [0.4, 0.5) is 8.78 Å². The number of aliphatic hydroxyl groups excluding tert-OH is 1. The van der Waals surface area contributed by atoms with Crippen molar-refractivity contribution in [3.05, 3.63) is 99.6 Å². The summed E-state index contributed by atoms with van der Waals surface area (Å²) in [6.45, 7) is 1.86. The van der Waals surface area contributed by atoms with E-state index in [1.165, 1.54) is 36.4 Å². The molecule has 3 aromatic rings. The van der Waals surface area contributed by atoms with Gasteiger partial charge in [0.25, 0.3) is 0 Å². The first-order valence-electron chi connectivity index (χ1n) is 11.6. The normalized spacial score (nSPS) is 20.3. The fourth-order valence-corrected chi connectivity index (χ4v) is 5.42. The Kier molecular flexibility index (Phi) is 7.83. The second-order valence-electron chi connectivity index (χ2n) is 9.05. The Hall–Kier alpha value is -3.13. The summed E-state index contributed by atoms with van der Waals surface area (Å²) in [5.74, 6) is -4.88. The van der Waals surface area contributed by atoms with Crippen molar-refractivity contribution in [3.8, 4) is 5.75 Å². The molecule has 0 aromatic heterocycles. The zero-order valence-electron chi connectivity index (χ0n) is 19.6. The van der Waals surface area contributed by atoms with E-state index in [0.717, 1.165) is 6.07 Å². The molecule has 0 saturated carbocycles. The van der Waals surface area contributed by atoms with Gasteiger partial charge in [0.15, 0.2) is 11.6 Å². The van der Waals surface area contributed by atoms with Gasteiger partial charge in [-0.3, -0.25) is 14.5 Å². The molecule has 3 atom stereocenters. The summed E-state index contributed by atoms with van der Waals surface area (Å²) in [6, 6.07) is 14.3. The highest BCUT2D eigenvalue weighted by Crippen LogP contribution is 2.43. The van der Waals surface area contributed by atoms with Crippen LogP contribution in [-0.2, 0) is 0 Å². The van der Waals surface area contributed by atoms with Crippen molar-refractivity contribution < 1.29 is 28.6 Å². The number of nitrogens with zero attached hydrogens (tertiary/aromatic N) is 1. The molecule has 3 aromatic carbocycles. The molecule has 1 fully saturated rings. The molecular weight excluding hydrogens is 488 g/mol. The summed E-state index contributed by atoms with van der Waals surface area (Å²) in [5.41, 5.74) is 0.727. The number of phenolic OH excluding ortho intramolecular Hbond substituents is 1. The molecule has 0 bridgehead atoms. The first-order valence-corrected chi connectivity index (χ1v) is 12.0. The van der Waals surface area contributed by atoms with Gasteiger partial charge < -0.3 is 10.2 Å². The van der Waals surface area contributed by atoms with E-state index in [1.54, 1.807) is 30.0 Å². The number of β-amino-alcohol motifs (C(OH)–C–C–N with tert-alkyl or cyclic N) is 1. The number of hydrogen-bond donors (Lipinski definition) is 2. The average molecular weight is 514 g/mol. The number of Topliss-reactive ketones (excluding diaryl/α,β-unsaturated/α-hetero) is 2. The highest BCUT2D eigenvalue weighted by atomic mass is 35.5. The van der Waals surface area contributed by atoms with Crippen molar-refractivity contribution in [1.29, 1.82) is 0 Å². The molecule has 5 nitrogen and oxygen atoms in total. The summed E-state index contributed by atoms with van der Waals surface area (Å²) >= 11 is 6.23. The minimum atomic E-state index is -0.952. The molecule has 0 aliphatic carbocycles. The molecule has 1 saturated heterocycles. The van der Waals surface area contributed by atoms with E-state index in [1.807, 2.05) is 0 Å². The van der Waals surface area contributed by atoms with Crippen molar-refractivity contribution in [2.75, 3.05) is 26.2 Å². The highest BCUT2D eigenvalue weighted by molar-refractivity contribution is 6.34. The molecule has 0 radical (unpaired) electrons. The summed E-state index contributed by atoms with van der Waals surface area (Å²) < 4.78 is 29.5. The van der Waals surface area contributed by atoms with E-state index in [4.69, 9.17) is 11.6 Å². The topological polar surface area (TPSA) is 77.8 Å². The Morgan fingerprint density at radius 2 is 1.61 bits per heavy atom. The van der Waals surface area contributed by atoms with Gasteiger partial charge in [-0.1, -0.05) is 41.9 Å². The van der Waals surface area contributed by atoms with Crippen molar-refractivity contribution in [3.63, 3.8) is 0 Å². The standard InChI is InChI=1S/C28H26ClF2NO4/c1-16-19(7-3-9-23(16)30)25-20(27(35)17-5-2-6-18(34)13-17)14-32(11-12-33)15-21(25)28(36)26-22(29)8-4-10-24(26)31/h2-10,13,20-21,25,33-34H,11-12,14-15H2,1H3/t20-,21-,25-/m0/s1. The minimum absolute atomic E-state index is 0.0511. The Bertz CT molecular complexity index is 1280. The molecule has 1 aliphatic rings. The van der Waals surface area contributed by atoms with Crippen LogP contribution in [0.25, 0.3) is 0 Å². The largest absolute Gasteiger partial charge is 0.508 e. The lowest BCUT2D eigenvalue weighted by Gasteiger charge is -2.43. The third-order valence-electron chi connectivity index (χ3n) is 6.88. The molecule has 4 rings (SSSR count). The van der Waals surface area contributed by atoms with Gasteiger partial charge in [-0.15, -0.1) is 0 Å². The van der Waals surface area contributed by atoms with Crippen LogP contribution in [0, 0.1) is 30.4 Å². The predicted octanol–water partition coefficient (Wildman–Crippen LogP) is 5.02. The maximum absolute atomic E-state index is 14.8. The second kappa shape index (κ2) is 10.9. The van der Waals surface area contributed by atoms with Crippen LogP contribution in [0.3, 0.4) is 0 Å². The van der Waals surface area contributed by atoms with Gasteiger partial charge in [0, 0.05) is 43.0 Å². The van der Waals surface area contributed by atoms with Crippen LogP contribution < -0.4 is 0 Å². The molecule has 8 heteroatoms. The summed E-state index contributed by atoms with van der Waals surface area (Å²) in [6.07, 6.45) is 0.